The lowest BCUT2D eigenvalue weighted by atomic mass is 10.0. The number of aromatic nitrogens is 3. The number of nitrogens with zero attached hydrogens (tertiary/aromatic N) is 3. The highest BCUT2D eigenvalue weighted by atomic mass is 35.5. The Hall–Kier alpha value is -3.38. The van der Waals surface area contributed by atoms with Crippen LogP contribution in [0.1, 0.15) is 24.2 Å². The highest BCUT2D eigenvalue weighted by Crippen LogP contribution is 2.27. The monoisotopic (exact) mass is 405 g/mol. The van der Waals surface area contributed by atoms with Gasteiger partial charge in [0, 0.05) is 11.4 Å². The summed E-state index contributed by atoms with van der Waals surface area (Å²) in [4.78, 5) is 21.6. The van der Waals surface area contributed by atoms with Crippen LogP contribution in [-0.2, 0) is 0 Å². The number of nitrogens with two attached hydrogens (primary N) is 1. The lowest BCUT2D eigenvalue weighted by molar-refractivity contribution is 0.773. The molecule has 0 spiro atoms. The summed E-state index contributed by atoms with van der Waals surface area (Å²) >= 11 is 6.22. The molecule has 0 bridgehead atoms. The predicted octanol–water partition coefficient (Wildman–Crippen LogP) is 4.50. The minimum Gasteiger partial charge on any atom is -0.368 e. The molecule has 2 aromatic heterocycles. The third kappa shape index (κ3) is 3.54. The molecule has 0 aliphatic heterocycles. The second-order valence-electron chi connectivity index (χ2n) is 6.88. The number of hydrogen-bond acceptors (Lipinski definition) is 5. The molecule has 29 heavy (non-hydrogen) atoms. The van der Waals surface area contributed by atoms with Crippen molar-refractivity contribution in [3.8, 4) is 5.69 Å². The van der Waals surface area contributed by atoms with E-state index < -0.39 is 0 Å². The molecule has 1 atom stereocenters. The molecule has 2 heterocycles. The fraction of sp³-hybridized carbons (Fsp3) is 0.136. The molecule has 146 valence electrons. The van der Waals surface area contributed by atoms with E-state index in [0.29, 0.717) is 16.2 Å². The summed E-state index contributed by atoms with van der Waals surface area (Å²) in [6, 6.07) is 17.2. The van der Waals surface area contributed by atoms with Crippen molar-refractivity contribution < 1.29 is 0 Å². The molecule has 0 saturated carbocycles. The van der Waals surface area contributed by atoms with Gasteiger partial charge >= 0.3 is 0 Å². The zero-order chi connectivity index (χ0) is 20.5. The lowest BCUT2D eigenvalue weighted by Gasteiger charge is -2.22. The van der Waals surface area contributed by atoms with Gasteiger partial charge in [-0.05, 0) is 43.0 Å². The summed E-state index contributed by atoms with van der Waals surface area (Å²) in [6.45, 7) is 3.90. The van der Waals surface area contributed by atoms with Crippen molar-refractivity contribution >= 4 is 34.1 Å². The van der Waals surface area contributed by atoms with Crippen molar-refractivity contribution in [1.82, 2.24) is 14.5 Å². The number of benzene rings is 2. The number of nitrogens with one attached hydrogen (secondary N) is 1. The van der Waals surface area contributed by atoms with Gasteiger partial charge in [0.15, 0.2) is 5.82 Å². The van der Waals surface area contributed by atoms with Crippen LogP contribution < -0.4 is 16.6 Å². The zero-order valence-electron chi connectivity index (χ0n) is 16.1. The number of hydrogen-bond donors (Lipinski definition) is 2. The van der Waals surface area contributed by atoms with Gasteiger partial charge < -0.3 is 11.1 Å². The van der Waals surface area contributed by atoms with Crippen molar-refractivity contribution in [3.05, 3.63) is 87.4 Å². The number of anilines is 2. The average molecular weight is 406 g/mol. The van der Waals surface area contributed by atoms with Crippen molar-refractivity contribution in [3.63, 3.8) is 0 Å². The van der Waals surface area contributed by atoms with Crippen LogP contribution in [0.2, 0.25) is 5.02 Å². The fourth-order valence-electron chi connectivity index (χ4n) is 3.48. The summed E-state index contributed by atoms with van der Waals surface area (Å²) in [5.41, 5.74) is 8.15. The third-order valence-corrected chi connectivity index (χ3v) is 5.13. The van der Waals surface area contributed by atoms with Gasteiger partial charge in [-0.3, -0.25) is 9.36 Å². The van der Waals surface area contributed by atoms with Gasteiger partial charge in [0.1, 0.15) is 5.02 Å². The van der Waals surface area contributed by atoms with Gasteiger partial charge in [-0.1, -0.05) is 48.0 Å². The summed E-state index contributed by atoms with van der Waals surface area (Å²) < 4.78 is 1.73. The van der Waals surface area contributed by atoms with Crippen LogP contribution in [0.25, 0.3) is 16.5 Å². The molecule has 6 nitrogen and oxygen atoms in total. The van der Waals surface area contributed by atoms with Crippen molar-refractivity contribution in [1.29, 1.82) is 0 Å². The van der Waals surface area contributed by atoms with E-state index in [1.165, 1.54) is 6.20 Å². The molecule has 4 aromatic rings. The maximum Gasteiger partial charge on any atom is 0.263 e. The van der Waals surface area contributed by atoms with E-state index in [2.05, 4.69) is 15.3 Å². The Kier molecular flexibility index (Phi) is 4.94. The smallest absolute Gasteiger partial charge is 0.263 e. The first kappa shape index (κ1) is 19.0. The Morgan fingerprint density at radius 1 is 1.14 bits per heavy atom. The van der Waals surface area contributed by atoms with Crippen LogP contribution in [0, 0.1) is 6.92 Å². The molecule has 0 unspecified atom stereocenters. The SMILES string of the molecule is Cc1cccc2cc([C@H](C)Nc3nc(N)ncc3Cl)n(-c3ccccc3)c(=O)c12. The summed E-state index contributed by atoms with van der Waals surface area (Å²) in [7, 11) is 0. The van der Waals surface area contributed by atoms with Crippen molar-refractivity contribution in [2.24, 2.45) is 0 Å². The number of aryl methyl sites for hydroxylation is 1. The number of pyridine rings is 1. The van der Waals surface area contributed by atoms with Crippen LogP contribution in [0.15, 0.2) is 65.6 Å². The summed E-state index contributed by atoms with van der Waals surface area (Å²) in [6.07, 6.45) is 1.45. The van der Waals surface area contributed by atoms with E-state index in [1.807, 2.05) is 68.4 Å². The third-order valence-electron chi connectivity index (χ3n) is 4.86. The van der Waals surface area contributed by atoms with Gasteiger partial charge in [-0.15, -0.1) is 0 Å². The second-order valence-corrected chi connectivity index (χ2v) is 7.28. The molecular weight excluding hydrogens is 386 g/mol. The van der Waals surface area contributed by atoms with Gasteiger partial charge in [-0.25, -0.2) is 4.98 Å². The molecule has 3 N–H and O–H groups in total. The molecule has 0 saturated heterocycles. The summed E-state index contributed by atoms with van der Waals surface area (Å²) in [5.74, 6) is 0.543. The number of nitrogen functional groups attached to an aromatic ring is 1. The molecule has 2 aromatic carbocycles. The molecular formula is C22H20ClN5O. The number of rotatable bonds is 4. The Morgan fingerprint density at radius 3 is 2.66 bits per heavy atom. The quantitative estimate of drug-likeness (QED) is 0.522. The summed E-state index contributed by atoms with van der Waals surface area (Å²) in [5, 5.41) is 5.21. The van der Waals surface area contributed by atoms with E-state index >= 15 is 0 Å². The minimum atomic E-state index is -0.278. The van der Waals surface area contributed by atoms with E-state index in [1.54, 1.807) is 4.57 Å². The molecule has 0 aliphatic rings. The fourth-order valence-corrected chi connectivity index (χ4v) is 3.62. The Bertz CT molecular complexity index is 1250. The minimum absolute atomic E-state index is 0.0660. The Morgan fingerprint density at radius 2 is 1.90 bits per heavy atom. The van der Waals surface area contributed by atoms with E-state index in [-0.39, 0.29) is 17.5 Å². The molecule has 0 amide bonds. The van der Waals surface area contributed by atoms with Crippen molar-refractivity contribution in [2.45, 2.75) is 19.9 Å². The van der Waals surface area contributed by atoms with Crippen molar-refractivity contribution in [2.75, 3.05) is 11.1 Å². The Balaban J connectivity index is 1.93. The van der Waals surface area contributed by atoms with Gasteiger partial charge in [-0.2, -0.15) is 4.98 Å². The van der Waals surface area contributed by atoms with Crippen LogP contribution in [0.4, 0.5) is 11.8 Å². The highest BCUT2D eigenvalue weighted by molar-refractivity contribution is 6.32. The number of para-hydroxylation sites is 1. The molecule has 0 fully saturated rings. The maximum atomic E-state index is 13.5. The van der Waals surface area contributed by atoms with Crippen LogP contribution in [0.3, 0.4) is 0 Å². The van der Waals surface area contributed by atoms with Gasteiger partial charge in [0.25, 0.3) is 5.56 Å². The second kappa shape index (κ2) is 7.56. The first-order valence-corrected chi connectivity index (χ1v) is 9.59. The number of fused-ring (bicyclic) bond motifs is 1. The highest BCUT2D eigenvalue weighted by Gasteiger charge is 2.18. The maximum absolute atomic E-state index is 13.5. The Labute approximate surface area is 173 Å². The normalized spacial score (nSPS) is 12.1. The molecule has 7 heteroatoms. The van der Waals surface area contributed by atoms with Crippen LogP contribution >= 0.6 is 11.6 Å². The largest absolute Gasteiger partial charge is 0.368 e. The first-order valence-electron chi connectivity index (χ1n) is 9.21. The topological polar surface area (TPSA) is 85.8 Å². The predicted molar refractivity (Wildman–Crippen MR) is 118 cm³/mol. The average Bonchev–Trinajstić information content (AvgIpc) is 2.71. The molecule has 0 aliphatic carbocycles. The van der Waals surface area contributed by atoms with Gasteiger partial charge in [0.05, 0.1) is 17.6 Å². The number of halogens is 1. The zero-order valence-corrected chi connectivity index (χ0v) is 16.8. The molecule has 0 radical (unpaired) electrons. The molecule has 4 rings (SSSR count). The first-order chi connectivity index (χ1) is 14.0. The van der Waals surface area contributed by atoms with Crippen LogP contribution in [0.5, 0.6) is 0 Å². The standard InChI is InChI=1S/C22H20ClN5O/c1-13-7-6-8-15-11-18(14(2)26-20-17(23)12-25-22(24)27-20)28(21(29)19(13)15)16-9-4-3-5-10-16/h3-12,14H,1-2H3,(H3,24,25,26,27)/t14-/m0/s1. The van der Waals surface area contributed by atoms with Crippen LogP contribution in [-0.4, -0.2) is 14.5 Å². The van der Waals surface area contributed by atoms with Gasteiger partial charge in [0.2, 0.25) is 5.95 Å². The van der Waals surface area contributed by atoms with E-state index in [9.17, 15) is 4.79 Å². The van der Waals surface area contributed by atoms with E-state index in [4.69, 9.17) is 17.3 Å². The van der Waals surface area contributed by atoms with E-state index in [0.717, 1.165) is 22.3 Å². The lowest BCUT2D eigenvalue weighted by Crippen LogP contribution is -2.26.